The van der Waals surface area contributed by atoms with E-state index in [0.717, 1.165) is 0 Å². The lowest BCUT2D eigenvalue weighted by atomic mass is 10.0. The fourth-order valence-corrected chi connectivity index (χ4v) is 5.55. The lowest BCUT2D eigenvalue weighted by molar-refractivity contribution is -0.135. The van der Waals surface area contributed by atoms with E-state index in [4.69, 9.17) is 11.6 Å². The van der Waals surface area contributed by atoms with Gasteiger partial charge in [-0.2, -0.15) is 0 Å². The van der Waals surface area contributed by atoms with Gasteiger partial charge in [-0.1, -0.05) is 18.5 Å². The molecule has 136 valence electrons. The molecule has 0 bridgehead atoms. The minimum Gasteiger partial charge on any atom is -0.335 e. The van der Waals surface area contributed by atoms with Gasteiger partial charge < -0.3 is 15.1 Å². The van der Waals surface area contributed by atoms with E-state index < -0.39 is 21.9 Å². The number of fused-ring (bicyclic) bond motifs is 1. The van der Waals surface area contributed by atoms with E-state index in [1.807, 2.05) is 0 Å². The maximum absolute atomic E-state index is 12.6. The first kappa shape index (κ1) is 18.0. The number of nitrogens with zero attached hydrogens (tertiary/aromatic N) is 2. The van der Waals surface area contributed by atoms with Crippen LogP contribution in [0.2, 0.25) is 5.02 Å². The Morgan fingerprint density at radius 2 is 1.68 bits per heavy atom. The van der Waals surface area contributed by atoms with E-state index in [1.54, 1.807) is 36.1 Å². The maximum Gasteiger partial charge on any atom is 0.322 e. The summed E-state index contributed by atoms with van der Waals surface area (Å²) in [6, 6.07) is 5.34. The summed E-state index contributed by atoms with van der Waals surface area (Å²) >= 11 is 5.83. The van der Waals surface area contributed by atoms with E-state index in [9.17, 15) is 18.0 Å². The van der Waals surface area contributed by atoms with Crippen LogP contribution in [0, 0.1) is 0 Å². The van der Waals surface area contributed by atoms with Gasteiger partial charge in [-0.05, 0) is 24.3 Å². The summed E-state index contributed by atoms with van der Waals surface area (Å²) in [4.78, 5) is 27.9. The number of rotatable bonds is 2. The lowest BCUT2D eigenvalue weighted by Gasteiger charge is -2.43. The molecule has 7 nitrogen and oxygen atoms in total. The quantitative estimate of drug-likeness (QED) is 0.837. The molecular formula is C16H20ClN3O4S. The molecule has 2 saturated heterocycles. The molecule has 2 aliphatic rings. The van der Waals surface area contributed by atoms with Crippen molar-refractivity contribution in [2.75, 3.05) is 29.9 Å². The van der Waals surface area contributed by atoms with Crippen LogP contribution in [-0.4, -0.2) is 66.8 Å². The Hall–Kier alpha value is -1.80. The van der Waals surface area contributed by atoms with Crippen molar-refractivity contribution in [3.05, 3.63) is 29.3 Å². The Morgan fingerprint density at radius 1 is 1.12 bits per heavy atom. The van der Waals surface area contributed by atoms with Crippen LogP contribution in [0.3, 0.4) is 0 Å². The predicted molar refractivity (Wildman–Crippen MR) is 95.4 cm³/mol. The zero-order valence-corrected chi connectivity index (χ0v) is 15.4. The van der Waals surface area contributed by atoms with Gasteiger partial charge in [-0.15, -0.1) is 0 Å². The number of halogens is 1. The highest BCUT2D eigenvalue weighted by Gasteiger charge is 2.49. The van der Waals surface area contributed by atoms with Crippen molar-refractivity contribution in [2.24, 2.45) is 0 Å². The van der Waals surface area contributed by atoms with Gasteiger partial charge >= 0.3 is 6.03 Å². The van der Waals surface area contributed by atoms with Crippen LogP contribution >= 0.6 is 11.6 Å². The standard InChI is InChI=1S/C16H20ClN3O4S/c1-2-15(21)19-7-8-20(14-10-25(23,24)9-13(14)19)16(22)18-12-5-3-11(17)4-6-12/h3-6,13-14H,2,7-10H2,1H3,(H,18,22)/t13-,14+/m1/s1. The number of hydrogen-bond donors (Lipinski definition) is 1. The molecule has 0 unspecified atom stereocenters. The van der Waals surface area contributed by atoms with Crippen LogP contribution < -0.4 is 5.32 Å². The van der Waals surface area contributed by atoms with E-state index in [2.05, 4.69) is 5.32 Å². The van der Waals surface area contributed by atoms with Crippen molar-refractivity contribution < 1.29 is 18.0 Å². The van der Waals surface area contributed by atoms with Crippen LogP contribution in [0.15, 0.2) is 24.3 Å². The Balaban J connectivity index is 1.79. The topological polar surface area (TPSA) is 86.8 Å². The van der Waals surface area contributed by atoms with Crippen LogP contribution in [0.25, 0.3) is 0 Å². The monoisotopic (exact) mass is 385 g/mol. The summed E-state index contributed by atoms with van der Waals surface area (Å²) in [6.07, 6.45) is 0.320. The van der Waals surface area contributed by atoms with Crippen molar-refractivity contribution in [1.82, 2.24) is 9.80 Å². The number of benzene rings is 1. The smallest absolute Gasteiger partial charge is 0.322 e. The molecule has 1 aromatic carbocycles. The molecule has 0 spiro atoms. The molecule has 0 aromatic heterocycles. The van der Waals surface area contributed by atoms with Crippen molar-refractivity contribution in [2.45, 2.75) is 25.4 Å². The van der Waals surface area contributed by atoms with Gasteiger partial charge in [-0.3, -0.25) is 4.79 Å². The normalized spacial score (nSPS) is 24.7. The Morgan fingerprint density at radius 3 is 2.28 bits per heavy atom. The average Bonchev–Trinajstić information content (AvgIpc) is 2.90. The molecule has 1 N–H and O–H groups in total. The summed E-state index contributed by atoms with van der Waals surface area (Å²) in [6.45, 7) is 2.40. The van der Waals surface area contributed by atoms with Crippen LogP contribution in [0.1, 0.15) is 13.3 Å². The molecule has 2 atom stereocenters. The van der Waals surface area contributed by atoms with Gasteiger partial charge in [-0.25, -0.2) is 13.2 Å². The van der Waals surface area contributed by atoms with Crippen molar-refractivity contribution in [1.29, 1.82) is 0 Å². The molecule has 0 aliphatic carbocycles. The first-order valence-electron chi connectivity index (χ1n) is 8.14. The van der Waals surface area contributed by atoms with E-state index >= 15 is 0 Å². The van der Waals surface area contributed by atoms with Gasteiger partial charge in [0.2, 0.25) is 5.91 Å². The Kier molecular flexibility index (Phi) is 4.92. The molecule has 2 aliphatic heterocycles. The third-order valence-corrected chi connectivity index (χ3v) is 6.61. The maximum atomic E-state index is 12.6. The second kappa shape index (κ2) is 6.84. The third-order valence-electron chi connectivity index (χ3n) is 4.66. The summed E-state index contributed by atoms with van der Waals surface area (Å²) in [7, 11) is -3.28. The van der Waals surface area contributed by atoms with E-state index in [1.165, 1.54) is 4.90 Å². The van der Waals surface area contributed by atoms with Crippen LogP contribution in [0.5, 0.6) is 0 Å². The SMILES string of the molecule is CCC(=O)N1CCN(C(=O)Nc2ccc(Cl)cc2)[C@H]2CS(=O)(=O)C[C@H]21. The number of amides is 3. The van der Waals surface area contributed by atoms with Crippen LogP contribution in [-0.2, 0) is 14.6 Å². The molecule has 2 heterocycles. The highest BCUT2D eigenvalue weighted by Crippen LogP contribution is 2.28. The Bertz CT molecular complexity index is 781. The van der Waals surface area contributed by atoms with Gasteiger partial charge in [0.1, 0.15) is 0 Å². The molecule has 0 radical (unpaired) electrons. The van der Waals surface area contributed by atoms with Gasteiger partial charge in [0.15, 0.2) is 9.84 Å². The van der Waals surface area contributed by atoms with Gasteiger partial charge in [0, 0.05) is 30.2 Å². The summed E-state index contributed by atoms with van der Waals surface area (Å²) in [5, 5.41) is 3.33. The van der Waals surface area contributed by atoms with E-state index in [-0.39, 0.29) is 23.4 Å². The molecule has 3 rings (SSSR count). The summed E-state index contributed by atoms with van der Waals surface area (Å²) in [5.74, 6) is -0.280. The Labute approximate surface area is 151 Å². The summed E-state index contributed by atoms with van der Waals surface area (Å²) in [5.41, 5.74) is 0.582. The number of piperazine rings is 1. The van der Waals surface area contributed by atoms with Crippen molar-refractivity contribution >= 4 is 39.1 Å². The largest absolute Gasteiger partial charge is 0.335 e. The second-order valence-corrected chi connectivity index (χ2v) is 8.87. The molecule has 2 fully saturated rings. The minimum atomic E-state index is -3.28. The fourth-order valence-electron chi connectivity index (χ4n) is 3.45. The second-order valence-electron chi connectivity index (χ2n) is 6.28. The zero-order valence-electron chi connectivity index (χ0n) is 13.8. The number of hydrogen-bond acceptors (Lipinski definition) is 4. The number of anilines is 1. The van der Waals surface area contributed by atoms with Gasteiger partial charge in [0.25, 0.3) is 0 Å². The van der Waals surface area contributed by atoms with Gasteiger partial charge in [0.05, 0.1) is 23.6 Å². The van der Waals surface area contributed by atoms with Crippen molar-refractivity contribution in [3.63, 3.8) is 0 Å². The van der Waals surface area contributed by atoms with Crippen LogP contribution in [0.4, 0.5) is 10.5 Å². The number of carbonyl (C=O) groups excluding carboxylic acids is 2. The van der Waals surface area contributed by atoms with E-state index in [0.29, 0.717) is 30.2 Å². The molecule has 9 heteroatoms. The number of urea groups is 1. The minimum absolute atomic E-state index is 0.0788. The average molecular weight is 386 g/mol. The molecular weight excluding hydrogens is 366 g/mol. The predicted octanol–water partition coefficient (Wildman–Crippen LogP) is 1.59. The lowest BCUT2D eigenvalue weighted by Crippen LogP contribution is -2.62. The molecule has 1 aromatic rings. The fraction of sp³-hybridized carbons (Fsp3) is 0.500. The molecule has 25 heavy (non-hydrogen) atoms. The van der Waals surface area contributed by atoms with Crippen molar-refractivity contribution in [3.8, 4) is 0 Å². The molecule has 0 saturated carbocycles. The first-order valence-corrected chi connectivity index (χ1v) is 10.3. The highest BCUT2D eigenvalue weighted by atomic mass is 35.5. The number of nitrogens with one attached hydrogen (secondary N) is 1. The number of sulfone groups is 1. The zero-order chi connectivity index (χ0) is 18.2. The highest BCUT2D eigenvalue weighted by molar-refractivity contribution is 7.91. The summed E-state index contributed by atoms with van der Waals surface area (Å²) < 4.78 is 24.2. The molecule has 3 amide bonds. The first-order chi connectivity index (χ1) is 11.8. The number of carbonyl (C=O) groups is 2. The third kappa shape index (κ3) is 3.74.